The van der Waals surface area contributed by atoms with Gasteiger partial charge in [-0.05, 0) is 57.8 Å². The third-order valence-electron chi connectivity index (χ3n) is 6.71. The largest absolute Gasteiger partial charge is 0.467 e. The van der Waals surface area contributed by atoms with E-state index in [-0.39, 0.29) is 24.5 Å². The summed E-state index contributed by atoms with van der Waals surface area (Å²) in [5.41, 5.74) is 0.880. The zero-order valence-corrected chi connectivity index (χ0v) is 19.3. The average molecular weight is 459 g/mol. The zero-order valence-electron chi connectivity index (χ0n) is 19.3. The lowest BCUT2D eigenvalue weighted by Crippen LogP contribution is -2.49. The van der Waals surface area contributed by atoms with Crippen molar-refractivity contribution in [1.29, 1.82) is 0 Å². The molecule has 0 bridgehead atoms. The minimum absolute atomic E-state index is 0.0522. The van der Waals surface area contributed by atoms with Gasteiger partial charge in [0.2, 0.25) is 5.91 Å². The molecule has 9 nitrogen and oxygen atoms in total. The van der Waals surface area contributed by atoms with Crippen LogP contribution in [-0.2, 0) is 14.3 Å². The van der Waals surface area contributed by atoms with E-state index in [9.17, 15) is 14.4 Å². The van der Waals surface area contributed by atoms with E-state index >= 15 is 0 Å². The molecule has 2 fully saturated rings. The van der Waals surface area contributed by atoms with Crippen molar-refractivity contribution < 1.29 is 23.5 Å². The minimum Gasteiger partial charge on any atom is -0.467 e. The lowest BCUT2D eigenvalue weighted by atomic mass is 9.94. The van der Waals surface area contributed by atoms with Crippen molar-refractivity contribution in [3.05, 3.63) is 35.4 Å². The zero-order chi connectivity index (χ0) is 23.2. The van der Waals surface area contributed by atoms with Crippen LogP contribution in [0, 0.1) is 5.92 Å². The number of esters is 1. The highest BCUT2D eigenvalue weighted by Crippen LogP contribution is 2.29. The van der Waals surface area contributed by atoms with Gasteiger partial charge in [-0.25, -0.2) is 9.59 Å². The predicted molar refractivity (Wildman–Crippen MR) is 121 cm³/mol. The first-order valence-corrected chi connectivity index (χ1v) is 12.1. The SMILES string of the molecule is CCOC(=O)C1=C(CN2CCC(C(=O)N3CCCCCC3)CC2)NC(=O)NC1c1ccco1. The van der Waals surface area contributed by atoms with Crippen molar-refractivity contribution in [1.82, 2.24) is 20.4 Å². The van der Waals surface area contributed by atoms with Gasteiger partial charge in [-0.3, -0.25) is 9.69 Å². The Morgan fingerprint density at radius 1 is 1.12 bits per heavy atom. The van der Waals surface area contributed by atoms with E-state index in [4.69, 9.17) is 9.15 Å². The van der Waals surface area contributed by atoms with Crippen molar-refractivity contribution in [3.8, 4) is 0 Å². The first-order chi connectivity index (χ1) is 16.1. The van der Waals surface area contributed by atoms with Crippen LogP contribution in [0.5, 0.6) is 0 Å². The van der Waals surface area contributed by atoms with E-state index in [1.54, 1.807) is 19.1 Å². The summed E-state index contributed by atoms with van der Waals surface area (Å²) in [6.07, 6.45) is 7.69. The number of furan rings is 1. The Balaban J connectivity index is 1.45. The predicted octanol–water partition coefficient (Wildman–Crippen LogP) is 2.57. The van der Waals surface area contributed by atoms with Gasteiger partial charge < -0.3 is 24.7 Å². The molecule has 4 heterocycles. The van der Waals surface area contributed by atoms with Gasteiger partial charge in [-0.15, -0.1) is 0 Å². The van der Waals surface area contributed by atoms with Crippen molar-refractivity contribution in [2.24, 2.45) is 5.92 Å². The second-order valence-electron chi connectivity index (χ2n) is 8.95. The van der Waals surface area contributed by atoms with Crippen LogP contribution < -0.4 is 10.6 Å². The maximum atomic E-state index is 13.0. The number of rotatable bonds is 6. The Bertz CT molecular complexity index is 865. The fourth-order valence-corrected chi connectivity index (χ4v) is 4.97. The van der Waals surface area contributed by atoms with Crippen molar-refractivity contribution >= 4 is 17.9 Å². The minimum atomic E-state index is -0.704. The molecule has 4 rings (SSSR count). The molecule has 1 atom stereocenters. The molecule has 2 N–H and O–H groups in total. The molecule has 3 aliphatic heterocycles. The second-order valence-corrected chi connectivity index (χ2v) is 8.95. The number of ether oxygens (including phenoxy) is 1. The standard InChI is InChI=1S/C24H34N4O5/c1-2-32-23(30)20-18(25-24(31)26-21(20)19-8-7-15-33-19)16-27-13-9-17(10-14-27)22(29)28-11-5-3-4-6-12-28/h7-8,15,17,21H,2-6,9-14,16H2,1H3,(H2,25,26,31). The Morgan fingerprint density at radius 3 is 2.48 bits per heavy atom. The van der Waals surface area contributed by atoms with E-state index in [2.05, 4.69) is 20.4 Å². The van der Waals surface area contributed by atoms with Gasteiger partial charge in [-0.2, -0.15) is 0 Å². The third-order valence-corrected chi connectivity index (χ3v) is 6.71. The van der Waals surface area contributed by atoms with E-state index in [0.717, 1.165) is 51.9 Å². The quantitative estimate of drug-likeness (QED) is 0.635. The highest BCUT2D eigenvalue weighted by atomic mass is 16.5. The van der Waals surface area contributed by atoms with Crippen LogP contribution in [-0.4, -0.2) is 67.0 Å². The first-order valence-electron chi connectivity index (χ1n) is 12.1. The number of hydrogen-bond donors (Lipinski definition) is 2. The smallest absolute Gasteiger partial charge is 0.338 e. The fraction of sp³-hybridized carbons (Fsp3) is 0.625. The van der Waals surface area contributed by atoms with Gasteiger partial charge in [0.25, 0.3) is 0 Å². The average Bonchev–Trinajstić information content (AvgIpc) is 3.21. The summed E-state index contributed by atoms with van der Waals surface area (Å²) in [5.74, 6) is 0.340. The molecule has 33 heavy (non-hydrogen) atoms. The molecule has 1 aromatic rings. The van der Waals surface area contributed by atoms with E-state index < -0.39 is 12.0 Å². The summed E-state index contributed by atoms with van der Waals surface area (Å²) < 4.78 is 10.8. The second kappa shape index (κ2) is 10.9. The molecule has 3 amide bonds. The summed E-state index contributed by atoms with van der Waals surface area (Å²) in [6.45, 7) is 5.62. The van der Waals surface area contributed by atoms with Crippen molar-refractivity contribution in [2.75, 3.05) is 39.3 Å². The molecule has 3 aliphatic rings. The molecule has 180 valence electrons. The Kier molecular flexibility index (Phi) is 7.69. The maximum absolute atomic E-state index is 13.0. The fourth-order valence-electron chi connectivity index (χ4n) is 4.97. The number of nitrogens with zero attached hydrogens (tertiary/aromatic N) is 2. The van der Waals surface area contributed by atoms with E-state index in [1.165, 1.54) is 19.1 Å². The number of carbonyl (C=O) groups is 3. The normalized spacial score (nSPS) is 23.0. The molecular weight excluding hydrogens is 424 g/mol. The summed E-state index contributed by atoms with van der Waals surface area (Å²) in [7, 11) is 0. The summed E-state index contributed by atoms with van der Waals surface area (Å²) in [6, 6.07) is 2.36. The van der Waals surface area contributed by atoms with Crippen LogP contribution >= 0.6 is 0 Å². The van der Waals surface area contributed by atoms with Gasteiger partial charge in [0.1, 0.15) is 11.8 Å². The molecule has 1 unspecified atom stereocenters. The number of amides is 3. The Morgan fingerprint density at radius 2 is 1.85 bits per heavy atom. The molecule has 0 radical (unpaired) electrons. The number of likely N-dealkylation sites (tertiary alicyclic amines) is 2. The summed E-state index contributed by atoms with van der Waals surface area (Å²) >= 11 is 0. The van der Waals surface area contributed by atoms with Crippen LogP contribution in [0.15, 0.2) is 34.1 Å². The first kappa shape index (κ1) is 23.4. The highest BCUT2D eigenvalue weighted by molar-refractivity contribution is 5.95. The van der Waals surface area contributed by atoms with Crippen LogP contribution in [0.4, 0.5) is 4.79 Å². The van der Waals surface area contributed by atoms with E-state index in [0.29, 0.717) is 23.6 Å². The van der Waals surface area contributed by atoms with Gasteiger partial charge in [0.15, 0.2) is 0 Å². The third kappa shape index (κ3) is 5.58. The molecule has 9 heteroatoms. The van der Waals surface area contributed by atoms with Gasteiger partial charge in [0, 0.05) is 31.2 Å². The lowest BCUT2D eigenvalue weighted by molar-refractivity contribution is -0.139. The van der Waals surface area contributed by atoms with Crippen LogP contribution in [0.2, 0.25) is 0 Å². The Labute approximate surface area is 194 Å². The molecule has 0 spiro atoms. The highest BCUT2D eigenvalue weighted by Gasteiger charge is 2.37. The lowest BCUT2D eigenvalue weighted by Gasteiger charge is -2.36. The molecule has 0 aliphatic carbocycles. The molecular formula is C24H34N4O5. The van der Waals surface area contributed by atoms with Gasteiger partial charge in [0.05, 0.1) is 18.4 Å². The van der Waals surface area contributed by atoms with Crippen molar-refractivity contribution in [2.45, 2.75) is 51.5 Å². The number of hydrogen-bond acceptors (Lipinski definition) is 6. The molecule has 2 saturated heterocycles. The van der Waals surface area contributed by atoms with Crippen LogP contribution in [0.1, 0.15) is 57.3 Å². The monoisotopic (exact) mass is 458 g/mol. The number of carbonyl (C=O) groups excluding carboxylic acids is 3. The molecule has 0 aromatic carbocycles. The number of piperidine rings is 1. The topological polar surface area (TPSA) is 104 Å². The van der Waals surface area contributed by atoms with E-state index in [1.807, 2.05) is 0 Å². The number of nitrogens with one attached hydrogen (secondary N) is 2. The summed E-state index contributed by atoms with van der Waals surface area (Å²) in [5, 5.41) is 5.58. The molecule has 1 aromatic heterocycles. The van der Waals surface area contributed by atoms with Crippen LogP contribution in [0.3, 0.4) is 0 Å². The van der Waals surface area contributed by atoms with Crippen LogP contribution in [0.25, 0.3) is 0 Å². The van der Waals surface area contributed by atoms with Crippen molar-refractivity contribution in [3.63, 3.8) is 0 Å². The van der Waals surface area contributed by atoms with Gasteiger partial charge in [-0.1, -0.05) is 12.8 Å². The molecule has 0 saturated carbocycles. The summed E-state index contributed by atoms with van der Waals surface area (Å²) in [4.78, 5) is 42.4. The van der Waals surface area contributed by atoms with Gasteiger partial charge >= 0.3 is 12.0 Å². The Hall–Kier alpha value is -2.81. The number of urea groups is 1. The maximum Gasteiger partial charge on any atom is 0.338 e.